The second kappa shape index (κ2) is 48.0. The number of nitrogens with zero attached hydrogens (tertiary/aromatic N) is 5. The Hall–Kier alpha value is -13.6. The Bertz CT molecular complexity index is 5210. The maximum Gasteiger partial charge on any atom is 0.305 e. The molecule has 3 aliphatic heterocycles. The summed E-state index contributed by atoms with van der Waals surface area (Å²) >= 11 is 0.587. The number of carboxylic acid groups (broad SMARTS) is 2. The number of unbranched alkanes of at least 4 members (excludes halogenated alkanes) is 1. The SMILES string of the molecule is CCCC[C@H]1C(=O)N2C[C@H](O)C[C@@H]2C(=O)N[C@@H](CC(=O)O)C(=O)N[C@@H](C(C)C)C(=O)N(C)[C@H](Cc2ccccc2)C(=O)N[C@@H](CC(=O)O)C(=O)N2C[C@H](O)C[C@@H]2C(=O)N[C@@H](Cc2c[nH]c3ccccc23)C(=O)N[C@@H](Cc2ccc(O)cc2)C(=O)N[C@H](CCO)C(=O)N[C@H](C(=O)NCC(N)=O)CSCC(=O)N[C@H](Cc2cc(F)c(F)c(F)c2)C(=O)N(C)[C@@H](Cc2ccccc2)C(=O)N1C. The molecule has 15 atom stereocenters. The first kappa shape index (κ1) is 103. The number of fused-ring (bicyclic) bond motifs is 3. The topological polar surface area (TPSA) is 578 Å². The van der Waals surface area contributed by atoms with Crippen molar-refractivity contribution in [1.29, 1.82) is 0 Å². The van der Waals surface area contributed by atoms with Gasteiger partial charge in [0, 0.05) is 109 Å². The predicted octanol–water partition coefficient (Wildman–Crippen LogP) is -1.39. The number of amides is 15. The number of halogens is 3. The summed E-state index contributed by atoms with van der Waals surface area (Å²) in [7, 11) is 3.47. The molecule has 3 aliphatic rings. The molecular formula is C90H111F3N16O23S. The lowest BCUT2D eigenvalue weighted by Gasteiger charge is -2.38. The number of carbonyl (C=O) groups excluding carboxylic acids is 15. The molecule has 0 saturated carbocycles. The highest BCUT2D eigenvalue weighted by Gasteiger charge is 2.49. The predicted molar refractivity (Wildman–Crippen MR) is 472 cm³/mol. The number of aliphatic hydroxyl groups excluding tert-OH is 3. The lowest BCUT2D eigenvalue weighted by atomic mass is 9.98. The van der Waals surface area contributed by atoms with Crippen molar-refractivity contribution in [3.05, 3.63) is 173 Å². The molecule has 39 nitrogen and oxygen atoms in total. The van der Waals surface area contributed by atoms with Crippen LogP contribution in [0, 0.1) is 23.4 Å². The number of benzene rings is 5. The molecule has 4 heterocycles. The zero-order valence-corrected chi connectivity index (χ0v) is 74.6. The molecule has 0 radical (unpaired) electrons. The van der Waals surface area contributed by atoms with Crippen molar-refractivity contribution >= 4 is 123 Å². The molecule has 1 aromatic heterocycles. The zero-order valence-electron chi connectivity index (χ0n) is 73.8. The molecule has 15 amide bonds. The summed E-state index contributed by atoms with van der Waals surface area (Å²) in [6.45, 7) is 1.69. The average Bonchev–Trinajstić information content (AvgIpc) is 1.76. The molecule has 0 bridgehead atoms. The van der Waals surface area contributed by atoms with Crippen molar-refractivity contribution in [3.63, 3.8) is 0 Å². The molecule has 0 unspecified atom stereocenters. The van der Waals surface area contributed by atoms with Crippen molar-refractivity contribution in [1.82, 2.24) is 77.3 Å². The fourth-order valence-electron chi connectivity index (χ4n) is 16.0. The molecule has 3 saturated heterocycles. The van der Waals surface area contributed by atoms with Gasteiger partial charge in [0.1, 0.15) is 84.3 Å². The van der Waals surface area contributed by atoms with E-state index in [1.807, 2.05) is 0 Å². The van der Waals surface area contributed by atoms with E-state index in [2.05, 4.69) is 52.8 Å². The number of aromatic amines is 1. The number of nitrogens with one attached hydrogen (secondary N) is 10. The van der Waals surface area contributed by atoms with Crippen LogP contribution in [0.15, 0.2) is 128 Å². The molecule has 6 aromatic rings. The minimum Gasteiger partial charge on any atom is -0.508 e. The Labute approximate surface area is 766 Å². The van der Waals surface area contributed by atoms with Crippen molar-refractivity contribution in [2.24, 2.45) is 11.7 Å². The minimum absolute atomic E-state index is 0.162. The Morgan fingerprint density at radius 3 is 1.57 bits per heavy atom. The van der Waals surface area contributed by atoms with Crippen LogP contribution < -0.4 is 53.6 Å². The number of nitrogens with two attached hydrogens (primary N) is 1. The third-order valence-corrected chi connectivity index (χ3v) is 24.2. The lowest BCUT2D eigenvalue weighted by molar-refractivity contribution is -0.152. The van der Waals surface area contributed by atoms with Gasteiger partial charge in [-0.25, -0.2) is 13.2 Å². The quantitative estimate of drug-likeness (QED) is 0.0329. The van der Waals surface area contributed by atoms with E-state index >= 15 is 51.9 Å². The fraction of sp³-hybridized carbons (Fsp3) is 0.456. The Morgan fingerprint density at radius 1 is 0.511 bits per heavy atom. The van der Waals surface area contributed by atoms with Crippen LogP contribution in [-0.4, -0.2) is 310 Å². The zero-order chi connectivity index (χ0) is 97.4. The van der Waals surface area contributed by atoms with Gasteiger partial charge in [0.2, 0.25) is 88.6 Å². The molecular weight excluding hydrogens is 1760 g/mol. The Kier molecular flexibility index (Phi) is 37.3. The van der Waals surface area contributed by atoms with Crippen molar-refractivity contribution in [2.75, 3.05) is 58.9 Å². The number of aliphatic hydroxyl groups is 3. The van der Waals surface area contributed by atoms with Crippen molar-refractivity contribution in [2.45, 2.75) is 195 Å². The van der Waals surface area contributed by atoms with E-state index in [4.69, 9.17) is 5.73 Å². The van der Waals surface area contributed by atoms with Crippen LogP contribution in [0.3, 0.4) is 0 Å². The average molecular weight is 1870 g/mol. The number of aliphatic carboxylic acids is 2. The van der Waals surface area contributed by atoms with Crippen LogP contribution in [0.25, 0.3) is 10.9 Å². The number of primary amides is 1. The first-order valence-corrected chi connectivity index (χ1v) is 44.2. The van der Waals surface area contributed by atoms with Gasteiger partial charge in [-0.2, -0.15) is 0 Å². The first-order valence-electron chi connectivity index (χ1n) is 43.1. The van der Waals surface area contributed by atoms with Crippen molar-refractivity contribution in [3.8, 4) is 5.75 Å². The fourth-order valence-corrected chi connectivity index (χ4v) is 16.9. The molecule has 0 aliphatic carbocycles. The van der Waals surface area contributed by atoms with Gasteiger partial charge >= 0.3 is 11.9 Å². The number of rotatable bonds is 23. The summed E-state index contributed by atoms with van der Waals surface area (Å²) in [4.78, 5) is 256. The van der Waals surface area contributed by atoms with Gasteiger partial charge in [0.15, 0.2) is 17.5 Å². The normalized spacial score (nSPS) is 24.7. The van der Waals surface area contributed by atoms with Gasteiger partial charge in [-0.15, -0.1) is 11.8 Å². The number of H-pyrrole nitrogens is 1. The maximum absolute atomic E-state index is 15.7. The molecule has 716 valence electrons. The number of aromatic nitrogens is 1. The Morgan fingerprint density at radius 2 is 1.00 bits per heavy atom. The highest BCUT2D eigenvalue weighted by Crippen LogP contribution is 2.29. The van der Waals surface area contributed by atoms with Crippen LogP contribution in [0.4, 0.5) is 13.2 Å². The van der Waals surface area contributed by atoms with Crippen molar-refractivity contribution < 1.29 is 125 Å². The maximum atomic E-state index is 15.7. The summed E-state index contributed by atoms with van der Waals surface area (Å²) in [5.41, 5.74) is 6.93. The summed E-state index contributed by atoms with van der Waals surface area (Å²) in [5.74, 6) is -28.3. The van der Waals surface area contributed by atoms with E-state index in [-0.39, 0.29) is 30.6 Å². The monoisotopic (exact) mass is 1870 g/mol. The molecule has 0 spiro atoms. The van der Waals surface area contributed by atoms with Crippen LogP contribution in [-0.2, 0) is 114 Å². The van der Waals surface area contributed by atoms with E-state index in [0.717, 1.165) is 38.6 Å². The number of thioether (sulfide) groups is 1. The first-order chi connectivity index (χ1) is 63.1. The molecule has 5 aromatic carbocycles. The number of carbonyl (C=O) groups is 17. The second-order valence-electron chi connectivity index (χ2n) is 33.3. The number of carboxylic acids is 2. The van der Waals surface area contributed by atoms with Gasteiger partial charge in [-0.05, 0) is 76.9 Å². The molecule has 9 rings (SSSR count). The number of aromatic hydroxyl groups is 1. The highest BCUT2D eigenvalue weighted by atomic mass is 32.2. The highest BCUT2D eigenvalue weighted by molar-refractivity contribution is 8.00. The van der Waals surface area contributed by atoms with E-state index in [0.29, 0.717) is 57.9 Å². The van der Waals surface area contributed by atoms with Gasteiger partial charge in [-0.1, -0.05) is 125 Å². The molecule has 3 fully saturated rings. The lowest BCUT2D eigenvalue weighted by Crippen LogP contribution is -2.62. The number of phenols is 1. The van der Waals surface area contributed by atoms with Crippen LogP contribution in [0.1, 0.15) is 100.0 Å². The summed E-state index contributed by atoms with van der Waals surface area (Å²) < 4.78 is 45.0. The number of hydrogen-bond donors (Lipinski definition) is 17. The van der Waals surface area contributed by atoms with Crippen LogP contribution in [0.5, 0.6) is 5.75 Å². The van der Waals surface area contributed by atoms with Gasteiger partial charge in [0.05, 0.1) is 37.3 Å². The largest absolute Gasteiger partial charge is 0.508 e. The van der Waals surface area contributed by atoms with E-state index < -0.39 is 316 Å². The molecule has 133 heavy (non-hydrogen) atoms. The Balaban J connectivity index is 1.14. The number of hydrogen-bond acceptors (Lipinski definition) is 22. The molecule has 18 N–H and O–H groups in total. The number of likely N-dealkylation sites (N-methyl/N-ethyl adjacent to an activating group) is 3. The molecule has 43 heteroatoms. The number of phenolic OH excluding ortho intramolecular Hbond substituents is 1. The minimum atomic E-state index is -2.12. The second-order valence-corrected chi connectivity index (χ2v) is 34.4. The van der Waals surface area contributed by atoms with Gasteiger partial charge in [0.25, 0.3) is 0 Å². The smallest absolute Gasteiger partial charge is 0.305 e. The van der Waals surface area contributed by atoms with E-state index in [9.17, 15) is 73.4 Å². The summed E-state index contributed by atoms with van der Waals surface area (Å²) in [6, 6.07) is 5.36. The summed E-state index contributed by atoms with van der Waals surface area (Å²) in [6.07, 6.45) is -7.68. The number of para-hydroxylation sites is 1. The van der Waals surface area contributed by atoms with E-state index in [1.54, 1.807) is 91.9 Å². The van der Waals surface area contributed by atoms with Crippen LogP contribution in [0.2, 0.25) is 0 Å². The standard InChI is InChI=1S/C90H111F3N16O23S/c1-7-8-23-67-89(131)109-44-55(113)38-70(109)85(127)101-63(39-74(116)117)82(124)104-77(47(2)3)90(132)106(5)68(34-48-17-11-9-12-18-48)83(125)102-65(40-75(118)119)87(129)108-43-54(112)37-69(108)84(126)100-62(36-52-41-95-59-22-16-15-21-56(52)59)81(123)99-61(32-50-24-26-53(111)27-25-50)80(122)98-60(28-29-110)79(121)103-66(78(120)96-42-72(94)114)45-133-46-73(115)97-64(33-51-30-57(91)76(93)58(92)31-51)86(128)107(6)71(88(130)105(67)4)35-49-19-13-10-14-20-49/h9-22,24-27,30-31,41,47,54-55,60-71,77,95,110-113H,7-8,23,28-29,32-40,42-46H2,1-6H3,(H2,94,114)(H,96,120)(H,97,115)(H,98,122)(H,99,123)(H,100,126)(H,101,127)(H,102,125)(H,103,121)(H,104,124)(H,116,117)(H,118,119)/t54-,55-,60-,61+,62+,63+,64-,65+,66+,67+,68-,69-,70-,71+,77+/m1/s1. The van der Waals surface area contributed by atoms with E-state index in [1.165, 1.54) is 51.4 Å². The third-order valence-electron chi connectivity index (χ3n) is 23.2. The van der Waals surface area contributed by atoms with Gasteiger partial charge in [-0.3, -0.25) is 81.5 Å². The van der Waals surface area contributed by atoms with Crippen LogP contribution >= 0.6 is 11.8 Å². The third kappa shape index (κ3) is 28.3. The summed E-state index contributed by atoms with van der Waals surface area (Å²) in [5, 5.41) is 87.1. The van der Waals surface area contributed by atoms with Gasteiger partial charge < -0.3 is 114 Å².